The molecule has 0 radical (unpaired) electrons. The monoisotopic (exact) mass is 366 g/mol. The van der Waals surface area contributed by atoms with Crippen molar-refractivity contribution in [1.29, 1.82) is 0 Å². The standard InChI is InChI=1S/C21H22N2O4/c1-13-5-4-6-19(14(13)2)23-12-16(11-20(23)25)21(26)27-18-9-7-17(8-10-18)22-15(3)24/h4-10,16H,11-12H2,1-3H3,(H,22,24). The van der Waals surface area contributed by atoms with Crippen molar-refractivity contribution in [1.82, 2.24) is 0 Å². The number of nitrogens with zero attached hydrogens (tertiary/aromatic N) is 1. The summed E-state index contributed by atoms with van der Waals surface area (Å²) in [5.41, 5.74) is 3.61. The SMILES string of the molecule is CC(=O)Nc1ccc(OC(=O)C2CC(=O)N(c3cccc(C)c3C)C2)cc1. The summed E-state index contributed by atoms with van der Waals surface area (Å²) >= 11 is 0. The molecule has 1 atom stereocenters. The highest BCUT2D eigenvalue weighted by Gasteiger charge is 2.37. The van der Waals surface area contributed by atoms with Gasteiger partial charge in [-0.25, -0.2) is 0 Å². The minimum atomic E-state index is -0.507. The van der Waals surface area contributed by atoms with E-state index >= 15 is 0 Å². The third-order valence-electron chi connectivity index (χ3n) is 4.72. The van der Waals surface area contributed by atoms with Crippen molar-refractivity contribution in [3.8, 4) is 5.75 Å². The second-order valence-corrected chi connectivity index (χ2v) is 6.75. The van der Waals surface area contributed by atoms with Crippen molar-refractivity contribution in [3.05, 3.63) is 53.6 Å². The molecule has 2 aromatic carbocycles. The van der Waals surface area contributed by atoms with Crippen molar-refractivity contribution in [2.45, 2.75) is 27.2 Å². The van der Waals surface area contributed by atoms with Gasteiger partial charge in [0, 0.05) is 31.3 Å². The van der Waals surface area contributed by atoms with Crippen LogP contribution in [0.2, 0.25) is 0 Å². The van der Waals surface area contributed by atoms with Crippen LogP contribution < -0.4 is 15.0 Å². The molecule has 2 amide bonds. The Hall–Kier alpha value is -3.15. The Kier molecular flexibility index (Phi) is 5.26. The Balaban J connectivity index is 1.67. The highest BCUT2D eigenvalue weighted by Crippen LogP contribution is 2.30. The number of carbonyl (C=O) groups excluding carboxylic acids is 3. The minimum Gasteiger partial charge on any atom is -0.426 e. The largest absolute Gasteiger partial charge is 0.426 e. The van der Waals surface area contributed by atoms with Crippen LogP contribution in [0.4, 0.5) is 11.4 Å². The van der Waals surface area contributed by atoms with Gasteiger partial charge in [-0.05, 0) is 55.3 Å². The average molecular weight is 366 g/mol. The first-order valence-electron chi connectivity index (χ1n) is 8.81. The summed E-state index contributed by atoms with van der Waals surface area (Å²) in [6.07, 6.45) is 0.135. The van der Waals surface area contributed by atoms with Gasteiger partial charge in [0.2, 0.25) is 11.8 Å². The van der Waals surface area contributed by atoms with Crippen LogP contribution in [-0.2, 0) is 14.4 Å². The van der Waals surface area contributed by atoms with Crippen LogP contribution in [0.3, 0.4) is 0 Å². The van der Waals surface area contributed by atoms with Crippen molar-refractivity contribution in [3.63, 3.8) is 0 Å². The van der Waals surface area contributed by atoms with Gasteiger partial charge in [-0.2, -0.15) is 0 Å². The lowest BCUT2D eigenvalue weighted by Crippen LogP contribution is -2.28. The quantitative estimate of drug-likeness (QED) is 0.666. The number of nitrogens with one attached hydrogen (secondary N) is 1. The number of aryl methyl sites for hydroxylation is 1. The van der Waals surface area contributed by atoms with E-state index in [1.54, 1.807) is 29.2 Å². The fraction of sp³-hybridized carbons (Fsp3) is 0.286. The first kappa shape index (κ1) is 18.6. The number of anilines is 2. The molecule has 1 fully saturated rings. The summed E-state index contributed by atoms with van der Waals surface area (Å²) in [5.74, 6) is -0.801. The predicted molar refractivity (Wildman–Crippen MR) is 103 cm³/mol. The van der Waals surface area contributed by atoms with E-state index in [1.807, 2.05) is 32.0 Å². The first-order chi connectivity index (χ1) is 12.8. The molecule has 0 aromatic heterocycles. The topological polar surface area (TPSA) is 75.7 Å². The second kappa shape index (κ2) is 7.61. The Bertz CT molecular complexity index is 890. The third kappa shape index (κ3) is 4.16. The number of esters is 1. The smallest absolute Gasteiger partial charge is 0.316 e. The molecule has 0 spiro atoms. The maximum Gasteiger partial charge on any atom is 0.316 e. The summed E-state index contributed by atoms with van der Waals surface area (Å²) < 4.78 is 5.41. The van der Waals surface area contributed by atoms with Crippen LogP contribution in [0.15, 0.2) is 42.5 Å². The summed E-state index contributed by atoms with van der Waals surface area (Å²) in [5, 5.41) is 2.65. The van der Waals surface area contributed by atoms with Gasteiger partial charge in [0.05, 0.1) is 5.92 Å². The Morgan fingerprint density at radius 2 is 1.81 bits per heavy atom. The predicted octanol–water partition coefficient (Wildman–Crippen LogP) is 3.22. The molecule has 6 nitrogen and oxygen atoms in total. The van der Waals surface area contributed by atoms with Crippen molar-refractivity contribution in [2.24, 2.45) is 5.92 Å². The molecule has 6 heteroatoms. The molecule has 0 aliphatic carbocycles. The molecular formula is C21H22N2O4. The molecule has 140 valence electrons. The number of benzene rings is 2. The lowest BCUT2D eigenvalue weighted by molar-refractivity contribution is -0.139. The Morgan fingerprint density at radius 1 is 1.11 bits per heavy atom. The van der Waals surface area contributed by atoms with E-state index in [4.69, 9.17) is 4.74 Å². The second-order valence-electron chi connectivity index (χ2n) is 6.75. The number of hydrogen-bond donors (Lipinski definition) is 1. The number of rotatable bonds is 4. The van der Waals surface area contributed by atoms with Crippen LogP contribution in [0.1, 0.15) is 24.5 Å². The van der Waals surface area contributed by atoms with E-state index in [1.165, 1.54) is 6.92 Å². The maximum absolute atomic E-state index is 12.5. The fourth-order valence-electron chi connectivity index (χ4n) is 3.14. The van der Waals surface area contributed by atoms with Gasteiger partial charge in [0.25, 0.3) is 0 Å². The molecule has 1 aliphatic rings. The first-order valence-corrected chi connectivity index (χ1v) is 8.81. The van der Waals surface area contributed by atoms with Crippen LogP contribution in [0, 0.1) is 19.8 Å². The molecule has 1 aliphatic heterocycles. The van der Waals surface area contributed by atoms with Gasteiger partial charge >= 0.3 is 5.97 Å². The van der Waals surface area contributed by atoms with E-state index in [2.05, 4.69) is 5.32 Å². The molecular weight excluding hydrogens is 344 g/mol. The van der Waals surface area contributed by atoms with Crippen LogP contribution in [-0.4, -0.2) is 24.3 Å². The number of ether oxygens (including phenoxy) is 1. The van der Waals surface area contributed by atoms with E-state index in [0.29, 0.717) is 18.0 Å². The van der Waals surface area contributed by atoms with Crippen LogP contribution in [0.5, 0.6) is 5.75 Å². The Labute approximate surface area is 158 Å². The molecule has 3 rings (SSSR count). The zero-order chi connectivity index (χ0) is 19.6. The van der Waals surface area contributed by atoms with E-state index in [9.17, 15) is 14.4 Å². The molecule has 0 bridgehead atoms. The average Bonchev–Trinajstić information content (AvgIpc) is 3.00. The van der Waals surface area contributed by atoms with Gasteiger partial charge in [-0.3, -0.25) is 14.4 Å². The summed E-state index contributed by atoms with van der Waals surface area (Å²) in [7, 11) is 0. The zero-order valence-electron chi connectivity index (χ0n) is 15.6. The summed E-state index contributed by atoms with van der Waals surface area (Å²) in [4.78, 5) is 37.6. The van der Waals surface area contributed by atoms with Gasteiger partial charge in [-0.1, -0.05) is 12.1 Å². The third-order valence-corrected chi connectivity index (χ3v) is 4.72. The van der Waals surface area contributed by atoms with E-state index < -0.39 is 11.9 Å². The van der Waals surface area contributed by atoms with Gasteiger partial charge < -0.3 is 15.0 Å². The molecule has 1 saturated heterocycles. The lowest BCUT2D eigenvalue weighted by atomic mass is 10.1. The molecule has 1 unspecified atom stereocenters. The molecule has 1 heterocycles. The molecule has 0 saturated carbocycles. The van der Waals surface area contributed by atoms with Crippen LogP contribution >= 0.6 is 0 Å². The van der Waals surface area contributed by atoms with Crippen molar-refractivity contribution in [2.75, 3.05) is 16.8 Å². The molecule has 27 heavy (non-hydrogen) atoms. The van der Waals surface area contributed by atoms with E-state index in [-0.39, 0.29) is 18.2 Å². The molecule has 1 N–H and O–H groups in total. The summed E-state index contributed by atoms with van der Waals surface area (Å²) in [6.45, 7) is 5.70. The van der Waals surface area contributed by atoms with Gasteiger partial charge in [-0.15, -0.1) is 0 Å². The van der Waals surface area contributed by atoms with E-state index in [0.717, 1.165) is 16.8 Å². The normalized spacial score (nSPS) is 16.3. The van der Waals surface area contributed by atoms with Crippen molar-refractivity contribution >= 4 is 29.2 Å². The highest BCUT2D eigenvalue weighted by molar-refractivity contribution is 6.00. The highest BCUT2D eigenvalue weighted by atomic mass is 16.5. The summed E-state index contributed by atoms with van der Waals surface area (Å²) in [6, 6.07) is 12.3. The minimum absolute atomic E-state index is 0.0772. The zero-order valence-corrected chi connectivity index (χ0v) is 15.6. The maximum atomic E-state index is 12.5. The fourth-order valence-corrected chi connectivity index (χ4v) is 3.14. The number of amides is 2. The molecule has 2 aromatic rings. The number of carbonyl (C=O) groups is 3. The lowest BCUT2D eigenvalue weighted by Gasteiger charge is -2.20. The van der Waals surface area contributed by atoms with Gasteiger partial charge in [0.15, 0.2) is 0 Å². The number of hydrogen-bond acceptors (Lipinski definition) is 4. The van der Waals surface area contributed by atoms with Crippen molar-refractivity contribution < 1.29 is 19.1 Å². The van der Waals surface area contributed by atoms with Crippen LogP contribution in [0.25, 0.3) is 0 Å². The Morgan fingerprint density at radius 3 is 2.48 bits per heavy atom. The van der Waals surface area contributed by atoms with Gasteiger partial charge in [0.1, 0.15) is 5.75 Å².